The molecule has 2 atom stereocenters. The largest absolute Gasteiger partial charge is 0.462 e. The fraction of sp³-hybridized carbons (Fsp3) is 0.318. The zero-order valence-corrected chi connectivity index (χ0v) is 17.0. The van der Waals surface area contributed by atoms with Crippen LogP contribution in [0.4, 0.5) is 5.82 Å². The third-order valence-corrected chi connectivity index (χ3v) is 5.08. The van der Waals surface area contributed by atoms with Crippen molar-refractivity contribution in [2.75, 3.05) is 11.9 Å². The summed E-state index contributed by atoms with van der Waals surface area (Å²) in [6.45, 7) is 5.60. The number of fused-ring (bicyclic) bond motifs is 1. The minimum absolute atomic E-state index is 0.135. The van der Waals surface area contributed by atoms with E-state index in [2.05, 4.69) is 10.3 Å². The van der Waals surface area contributed by atoms with Crippen molar-refractivity contribution in [2.24, 2.45) is 5.92 Å². The van der Waals surface area contributed by atoms with Gasteiger partial charge in [-0.05, 0) is 37.1 Å². The lowest BCUT2D eigenvalue weighted by Gasteiger charge is -2.29. The first-order valence-electron chi connectivity index (χ1n) is 9.80. The van der Waals surface area contributed by atoms with Gasteiger partial charge in [-0.15, -0.1) is 0 Å². The molecular weight excluding hydrogens is 386 g/mol. The minimum Gasteiger partial charge on any atom is -0.462 e. The van der Waals surface area contributed by atoms with Gasteiger partial charge < -0.3 is 10.1 Å². The van der Waals surface area contributed by atoms with E-state index < -0.39 is 29.7 Å². The number of anilines is 1. The number of carbonyl (C=O) groups is 4. The Bertz CT molecular complexity index is 969. The number of hydrogen-bond acceptors (Lipinski definition) is 6. The van der Waals surface area contributed by atoms with E-state index in [1.165, 1.54) is 18.3 Å². The predicted octanol–water partition coefficient (Wildman–Crippen LogP) is 2.91. The highest BCUT2D eigenvalue weighted by Gasteiger charge is 2.44. The third kappa shape index (κ3) is 3.94. The highest BCUT2D eigenvalue weighted by atomic mass is 16.5. The fourth-order valence-corrected chi connectivity index (χ4v) is 3.35. The summed E-state index contributed by atoms with van der Waals surface area (Å²) >= 11 is 0. The summed E-state index contributed by atoms with van der Waals surface area (Å²) < 4.78 is 4.96. The Morgan fingerprint density at radius 2 is 1.73 bits per heavy atom. The van der Waals surface area contributed by atoms with Crippen molar-refractivity contribution in [1.82, 2.24) is 9.88 Å². The molecule has 2 unspecified atom stereocenters. The summed E-state index contributed by atoms with van der Waals surface area (Å²) in [7, 11) is 0. The van der Waals surface area contributed by atoms with Gasteiger partial charge >= 0.3 is 5.97 Å². The first-order valence-corrected chi connectivity index (χ1v) is 9.80. The molecule has 3 rings (SSSR count). The fourth-order valence-electron chi connectivity index (χ4n) is 3.35. The molecule has 30 heavy (non-hydrogen) atoms. The molecule has 0 fully saturated rings. The standard InChI is InChI=1S/C22H23N3O5/c1-4-13(3)18(25-20(27)15-8-6-7-9-16(15)21(25)28)19(26)24-17-12-14(10-11-23-17)22(29)30-5-2/h6-13,18H,4-5H2,1-3H3,(H,23,24,26). The second-order valence-corrected chi connectivity index (χ2v) is 7.00. The van der Waals surface area contributed by atoms with Gasteiger partial charge in [0.15, 0.2) is 0 Å². The topological polar surface area (TPSA) is 106 Å². The van der Waals surface area contributed by atoms with E-state index in [0.717, 1.165) is 4.90 Å². The van der Waals surface area contributed by atoms with Gasteiger partial charge in [0.2, 0.25) is 5.91 Å². The van der Waals surface area contributed by atoms with E-state index in [1.54, 1.807) is 38.1 Å². The first kappa shape index (κ1) is 21.2. The molecule has 3 amide bonds. The number of benzene rings is 1. The Balaban J connectivity index is 1.88. The van der Waals surface area contributed by atoms with Gasteiger partial charge in [-0.25, -0.2) is 9.78 Å². The van der Waals surface area contributed by atoms with Crippen LogP contribution >= 0.6 is 0 Å². The maximum atomic E-state index is 13.1. The first-order chi connectivity index (χ1) is 14.4. The maximum Gasteiger partial charge on any atom is 0.338 e. The lowest BCUT2D eigenvalue weighted by atomic mass is 9.96. The number of nitrogens with one attached hydrogen (secondary N) is 1. The predicted molar refractivity (Wildman–Crippen MR) is 109 cm³/mol. The molecule has 0 saturated carbocycles. The molecule has 8 nitrogen and oxygen atoms in total. The zero-order valence-electron chi connectivity index (χ0n) is 17.0. The highest BCUT2D eigenvalue weighted by Crippen LogP contribution is 2.28. The summed E-state index contributed by atoms with van der Waals surface area (Å²) in [4.78, 5) is 55.9. The lowest BCUT2D eigenvalue weighted by molar-refractivity contribution is -0.121. The van der Waals surface area contributed by atoms with Crippen LogP contribution < -0.4 is 5.32 Å². The van der Waals surface area contributed by atoms with Crippen molar-refractivity contribution < 1.29 is 23.9 Å². The average molecular weight is 409 g/mol. The highest BCUT2D eigenvalue weighted by molar-refractivity contribution is 6.23. The van der Waals surface area contributed by atoms with Crippen molar-refractivity contribution >= 4 is 29.5 Å². The number of rotatable bonds is 7. The normalized spacial score (nSPS) is 14.8. The van der Waals surface area contributed by atoms with Crippen molar-refractivity contribution in [3.8, 4) is 0 Å². The van der Waals surface area contributed by atoms with Crippen LogP contribution in [0, 0.1) is 5.92 Å². The van der Waals surface area contributed by atoms with Crippen LogP contribution in [-0.2, 0) is 9.53 Å². The molecule has 2 heterocycles. The molecule has 0 aliphatic carbocycles. The number of carbonyl (C=O) groups excluding carboxylic acids is 4. The number of nitrogens with zero attached hydrogens (tertiary/aromatic N) is 2. The molecule has 0 radical (unpaired) electrons. The summed E-state index contributed by atoms with van der Waals surface area (Å²) in [6.07, 6.45) is 1.95. The second-order valence-electron chi connectivity index (χ2n) is 7.00. The minimum atomic E-state index is -1.02. The van der Waals surface area contributed by atoms with Crippen LogP contribution in [0.25, 0.3) is 0 Å². The monoisotopic (exact) mass is 409 g/mol. The van der Waals surface area contributed by atoms with Crippen molar-refractivity contribution in [1.29, 1.82) is 0 Å². The Kier molecular flexibility index (Phi) is 6.25. The summed E-state index contributed by atoms with van der Waals surface area (Å²) in [5, 5.41) is 2.64. The van der Waals surface area contributed by atoms with Crippen molar-refractivity contribution in [3.63, 3.8) is 0 Å². The summed E-state index contributed by atoms with van der Waals surface area (Å²) in [6, 6.07) is 8.36. The molecule has 1 aromatic carbocycles. The molecule has 156 valence electrons. The number of ether oxygens (including phenoxy) is 1. The van der Waals surface area contributed by atoms with Crippen molar-refractivity contribution in [2.45, 2.75) is 33.2 Å². The molecule has 1 aromatic heterocycles. The molecule has 1 aliphatic rings. The summed E-state index contributed by atoms with van der Waals surface area (Å²) in [5.74, 6) is -2.23. The van der Waals surface area contributed by atoms with Gasteiger partial charge in [-0.2, -0.15) is 0 Å². The van der Waals surface area contributed by atoms with E-state index in [4.69, 9.17) is 4.74 Å². The Morgan fingerprint density at radius 3 is 2.30 bits per heavy atom. The zero-order chi connectivity index (χ0) is 21.8. The molecule has 0 spiro atoms. The number of pyridine rings is 1. The second kappa shape index (κ2) is 8.86. The molecular formula is C22H23N3O5. The lowest BCUT2D eigenvalue weighted by Crippen LogP contribution is -2.50. The van der Waals surface area contributed by atoms with Crippen LogP contribution in [0.2, 0.25) is 0 Å². The van der Waals surface area contributed by atoms with Gasteiger partial charge in [0.1, 0.15) is 11.9 Å². The van der Waals surface area contributed by atoms with Crippen LogP contribution in [-0.4, -0.2) is 46.2 Å². The van der Waals surface area contributed by atoms with E-state index >= 15 is 0 Å². The number of imide groups is 1. The average Bonchev–Trinajstić information content (AvgIpc) is 2.99. The number of amides is 3. The Hall–Kier alpha value is -3.55. The van der Waals surface area contributed by atoms with Crippen molar-refractivity contribution in [3.05, 3.63) is 59.3 Å². The molecule has 2 aromatic rings. The molecule has 0 bridgehead atoms. The quantitative estimate of drug-likeness (QED) is 0.557. The van der Waals surface area contributed by atoms with Crippen LogP contribution in [0.15, 0.2) is 42.6 Å². The Labute approximate surface area is 174 Å². The SMILES string of the molecule is CCOC(=O)c1ccnc(NC(=O)C(C(C)CC)N2C(=O)c3ccccc3C2=O)c1. The van der Waals surface area contributed by atoms with Gasteiger partial charge in [-0.3, -0.25) is 19.3 Å². The van der Waals surface area contributed by atoms with Crippen LogP contribution in [0.3, 0.4) is 0 Å². The van der Waals surface area contributed by atoms with E-state index in [0.29, 0.717) is 6.42 Å². The van der Waals surface area contributed by atoms with Crippen LogP contribution in [0.1, 0.15) is 58.3 Å². The maximum absolute atomic E-state index is 13.1. The molecule has 1 N–H and O–H groups in total. The smallest absolute Gasteiger partial charge is 0.338 e. The molecule has 0 saturated heterocycles. The van der Waals surface area contributed by atoms with Gasteiger partial charge in [-0.1, -0.05) is 32.4 Å². The summed E-state index contributed by atoms with van der Waals surface area (Å²) in [5.41, 5.74) is 0.806. The molecule has 1 aliphatic heterocycles. The Morgan fingerprint density at radius 1 is 1.10 bits per heavy atom. The molecule has 8 heteroatoms. The van der Waals surface area contributed by atoms with E-state index in [-0.39, 0.29) is 35.0 Å². The van der Waals surface area contributed by atoms with E-state index in [9.17, 15) is 19.2 Å². The van der Waals surface area contributed by atoms with Crippen LogP contribution in [0.5, 0.6) is 0 Å². The number of hydrogen-bond donors (Lipinski definition) is 1. The van der Waals surface area contributed by atoms with Gasteiger partial charge in [0, 0.05) is 6.20 Å². The van der Waals surface area contributed by atoms with Gasteiger partial charge in [0.05, 0.1) is 23.3 Å². The number of aromatic nitrogens is 1. The number of esters is 1. The van der Waals surface area contributed by atoms with E-state index in [1.807, 2.05) is 6.92 Å². The van der Waals surface area contributed by atoms with Gasteiger partial charge in [0.25, 0.3) is 11.8 Å². The third-order valence-electron chi connectivity index (χ3n) is 5.08.